The lowest BCUT2D eigenvalue weighted by atomic mass is 10.1. The number of ether oxygens (including phenoxy) is 1. The first-order valence-electron chi connectivity index (χ1n) is 5.26. The van der Waals surface area contributed by atoms with Gasteiger partial charge in [0.25, 0.3) is 5.91 Å². The number of amides is 1. The van der Waals surface area contributed by atoms with E-state index in [-0.39, 0.29) is 18.9 Å². The number of carbonyl (C=O) groups is 2. The monoisotopic (exact) mass is 237 g/mol. The molecule has 0 aliphatic carbocycles. The van der Waals surface area contributed by atoms with Crippen LogP contribution in [0.4, 0.5) is 0 Å². The molecule has 5 heteroatoms. The van der Waals surface area contributed by atoms with Crippen molar-refractivity contribution in [2.75, 3.05) is 13.7 Å². The van der Waals surface area contributed by atoms with Gasteiger partial charge in [-0.3, -0.25) is 9.59 Å². The lowest BCUT2D eigenvalue weighted by Crippen LogP contribution is -2.24. The summed E-state index contributed by atoms with van der Waals surface area (Å²) in [6.45, 7) is -0.0428. The van der Waals surface area contributed by atoms with Gasteiger partial charge in [-0.15, -0.1) is 0 Å². The molecule has 0 saturated carbocycles. The van der Waals surface area contributed by atoms with Crippen molar-refractivity contribution in [3.8, 4) is 5.75 Å². The molecule has 0 radical (unpaired) electrons. The molecule has 17 heavy (non-hydrogen) atoms. The average Bonchev–Trinajstić information content (AvgIpc) is 2.34. The third-order valence-corrected chi connectivity index (χ3v) is 2.17. The van der Waals surface area contributed by atoms with E-state index in [2.05, 4.69) is 5.32 Å². The first-order chi connectivity index (χ1) is 8.11. The van der Waals surface area contributed by atoms with Gasteiger partial charge in [-0.2, -0.15) is 0 Å². The highest BCUT2D eigenvalue weighted by Crippen LogP contribution is 2.14. The maximum atomic E-state index is 11.0. The van der Waals surface area contributed by atoms with Crippen molar-refractivity contribution < 1.29 is 19.4 Å². The molecule has 92 valence electrons. The minimum Gasteiger partial charge on any atom is -0.484 e. The van der Waals surface area contributed by atoms with Crippen molar-refractivity contribution in [3.63, 3.8) is 0 Å². The molecule has 0 saturated heterocycles. The van der Waals surface area contributed by atoms with Crippen LogP contribution in [-0.4, -0.2) is 30.6 Å². The number of carboxylic acid groups (broad SMARTS) is 1. The molecule has 1 aromatic rings. The van der Waals surface area contributed by atoms with E-state index in [1.54, 1.807) is 18.2 Å². The summed E-state index contributed by atoms with van der Waals surface area (Å²) in [6, 6.07) is 7.07. The van der Waals surface area contributed by atoms with Crippen molar-refractivity contribution in [2.24, 2.45) is 0 Å². The van der Waals surface area contributed by atoms with Crippen LogP contribution in [-0.2, 0) is 16.0 Å². The minimum atomic E-state index is -0.832. The van der Waals surface area contributed by atoms with Gasteiger partial charge in [-0.05, 0) is 24.1 Å². The van der Waals surface area contributed by atoms with Crippen LogP contribution in [0.5, 0.6) is 5.75 Å². The highest BCUT2D eigenvalue weighted by molar-refractivity contribution is 5.77. The summed E-state index contributed by atoms with van der Waals surface area (Å²) in [5, 5.41) is 11.0. The number of nitrogens with one attached hydrogen (secondary N) is 1. The Balaban J connectivity index is 2.53. The number of aliphatic carboxylic acids is 1. The Labute approximate surface area is 99.4 Å². The normalized spacial score (nSPS) is 9.71. The number of carboxylic acids is 1. The van der Waals surface area contributed by atoms with Gasteiger partial charge in [-0.25, -0.2) is 0 Å². The van der Waals surface area contributed by atoms with Crippen LogP contribution in [0.15, 0.2) is 24.3 Å². The highest BCUT2D eigenvalue weighted by atomic mass is 16.5. The lowest BCUT2D eigenvalue weighted by molar-refractivity contribution is -0.137. The second-order valence-corrected chi connectivity index (χ2v) is 3.50. The van der Waals surface area contributed by atoms with E-state index in [1.165, 1.54) is 7.05 Å². The molecule has 1 rings (SSSR count). The van der Waals surface area contributed by atoms with Gasteiger partial charge in [0.05, 0.1) is 0 Å². The van der Waals surface area contributed by atoms with Crippen LogP contribution in [0.3, 0.4) is 0 Å². The molecule has 0 aliphatic heterocycles. The lowest BCUT2D eigenvalue weighted by Gasteiger charge is -2.06. The van der Waals surface area contributed by atoms with Crippen molar-refractivity contribution in [1.29, 1.82) is 0 Å². The summed E-state index contributed by atoms with van der Waals surface area (Å²) in [5.41, 5.74) is 0.877. The van der Waals surface area contributed by atoms with Crippen molar-refractivity contribution >= 4 is 11.9 Å². The molecule has 0 atom stereocenters. The van der Waals surface area contributed by atoms with Crippen LogP contribution in [0.1, 0.15) is 12.0 Å². The first kappa shape index (κ1) is 13.0. The van der Waals surface area contributed by atoms with Gasteiger partial charge in [0.2, 0.25) is 0 Å². The van der Waals surface area contributed by atoms with Crippen LogP contribution in [0.2, 0.25) is 0 Å². The summed E-state index contributed by atoms with van der Waals surface area (Å²) in [6.07, 6.45) is 0.533. The topological polar surface area (TPSA) is 75.6 Å². The summed E-state index contributed by atoms with van der Waals surface area (Å²) in [7, 11) is 1.54. The fourth-order valence-corrected chi connectivity index (χ4v) is 1.26. The Morgan fingerprint density at radius 2 is 2.18 bits per heavy atom. The van der Waals surface area contributed by atoms with Gasteiger partial charge in [0.1, 0.15) is 5.75 Å². The van der Waals surface area contributed by atoms with E-state index in [0.717, 1.165) is 5.56 Å². The summed E-state index contributed by atoms with van der Waals surface area (Å²) in [5.74, 6) is -0.473. The molecule has 0 aromatic heterocycles. The molecule has 0 heterocycles. The van der Waals surface area contributed by atoms with E-state index in [4.69, 9.17) is 9.84 Å². The number of benzene rings is 1. The second-order valence-electron chi connectivity index (χ2n) is 3.50. The van der Waals surface area contributed by atoms with Crippen molar-refractivity contribution in [2.45, 2.75) is 12.8 Å². The van der Waals surface area contributed by atoms with E-state index >= 15 is 0 Å². The molecule has 0 unspecified atom stereocenters. The van der Waals surface area contributed by atoms with E-state index in [1.807, 2.05) is 6.07 Å². The molecule has 0 spiro atoms. The molecule has 1 aromatic carbocycles. The smallest absolute Gasteiger partial charge is 0.303 e. The number of rotatable bonds is 6. The molecule has 5 nitrogen and oxygen atoms in total. The van der Waals surface area contributed by atoms with Crippen LogP contribution in [0, 0.1) is 0 Å². The Bertz CT molecular complexity index is 403. The predicted molar refractivity (Wildman–Crippen MR) is 62.0 cm³/mol. The zero-order valence-corrected chi connectivity index (χ0v) is 9.60. The minimum absolute atomic E-state index is 0.0428. The van der Waals surface area contributed by atoms with E-state index in [9.17, 15) is 9.59 Å². The second kappa shape index (κ2) is 6.52. The van der Waals surface area contributed by atoms with Crippen LogP contribution >= 0.6 is 0 Å². The zero-order valence-electron chi connectivity index (χ0n) is 9.60. The molecule has 2 N–H and O–H groups in total. The zero-order chi connectivity index (χ0) is 12.7. The summed E-state index contributed by atoms with van der Waals surface area (Å²) in [4.78, 5) is 21.4. The molecule has 1 amide bonds. The maximum absolute atomic E-state index is 11.0. The summed E-state index contributed by atoms with van der Waals surface area (Å²) >= 11 is 0. The maximum Gasteiger partial charge on any atom is 0.303 e. The van der Waals surface area contributed by atoms with Gasteiger partial charge in [0, 0.05) is 13.5 Å². The fourth-order valence-electron chi connectivity index (χ4n) is 1.26. The van der Waals surface area contributed by atoms with Gasteiger partial charge >= 0.3 is 5.97 Å². The molecule has 0 bridgehead atoms. The quantitative estimate of drug-likeness (QED) is 0.768. The Kier molecular flexibility index (Phi) is 5.00. The summed E-state index contributed by atoms with van der Waals surface area (Å²) < 4.78 is 5.25. The average molecular weight is 237 g/mol. The predicted octanol–water partition coefficient (Wildman–Crippen LogP) is 0.829. The number of hydrogen-bond donors (Lipinski definition) is 2. The third kappa shape index (κ3) is 5.01. The molecular formula is C12H15NO4. The Hall–Kier alpha value is -2.04. The molecule has 0 aliphatic rings. The molecular weight excluding hydrogens is 222 g/mol. The largest absolute Gasteiger partial charge is 0.484 e. The van der Waals surface area contributed by atoms with Gasteiger partial charge in [0.15, 0.2) is 6.61 Å². The van der Waals surface area contributed by atoms with Gasteiger partial charge < -0.3 is 15.2 Å². The standard InChI is InChI=1S/C12H15NO4/c1-13-11(14)8-17-10-4-2-3-9(7-10)5-6-12(15)16/h2-4,7H,5-6,8H2,1H3,(H,13,14)(H,15,16). The van der Waals surface area contributed by atoms with Crippen LogP contribution < -0.4 is 10.1 Å². The van der Waals surface area contributed by atoms with Gasteiger partial charge in [-0.1, -0.05) is 12.1 Å². The Morgan fingerprint density at radius 1 is 1.41 bits per heavy atom. The number of hydrogen-bond acceptors (Lipinski definition) is 3. The SMILES string of the molecule is CNC(=O)COc1cccc(CCC(=O)O)c1. The van der Waals surface area contributed by atoms with Crippen molar-refractivity contribution in [1.82, 2.24) is 5.32 Å². The number of likely N-dealkylation sites (N-methyl/N-ethyl adjacent to an activating group) is 1. The van der Waals surface area contributed by atoms with Crippen molar-refractivity contribution in [3.05, 3.63) is 29.8 Å². The van der Waals surface area contributed by atoms with E-state index < -0.39 is 5.97 Å². The fraction of sp³-hybridized carbons (Fsp3) is 0.333. The number of aryl methyl sites for hydroxylation is 1. The Morgan fingerprint density at radius 3 is 2.82 bits per heavy atom. The third-order valence-electron chi connectivity index (χ3n) is 2.17. The first-order valence-corrected chi connectivity index (χ1v) is 5.26. The molecule has 0 fully saturated rings. The number of carbonyl (C=O) groups excluding carboxylic acids is 1. The highest BCUT2D eigenvalue weighted by Gasteiger charge is 2.02. The van der Waals surface area contributed by atoms with E-state index in [0.29, 0.717) is 12.2 Å². The van der Waals surface area contributed by atoms with Crippen LogP contribution in [0.25, 0.3) is 0 Å².